The van der Waals surface area contributed by atoms with Gasteiger partial charge < -0.3 is 9.80 Å². The standard InChI is InChI=1S/C16H24N2O.C15H22O.2C2H6/c1-13(19)17-9-11-18(12-10-17)15-7-5-14(6-8-15)16(2,3)4;1-12(16)11-14-7-5-13(6-8-14)9-10-15(2,3)4;2*1-2/h5-8H,9-12H2,1-4H3;5-8H,9-11H2,1-4H3;2*1-2H3. The molecule has 1 aliphatic heterocycles. The molecule has 39 heavy (non-hydrogen) atoms. The summed E-state index contributed by atoms with van der Waals surface area (Å²) >= 11 is 0. The molecule has 1 fully saturated rings. The van der Waals surface area contributed by atoms with Crippen molar-refractivity contribution in [3.8, 4) is 0 Å². The van der Waals surface area contributed by atoms with Crippen molar-refractivity contribution >= 4 is 17.4 Å². The first kappa shape index (κ1) is 36.4. The lowest BCUT2D eigenvalue weighted by atomic mass is 9.87. The van der Waals surface area contributed by atoms with Crippen LogP contribution in [-0.2, 0) is 27.8 Å². The van der Waals surface area contributed by atoms with Gasteiger partial charge in [-0.3, -0.25) is 9.59 Å². The van der Waals surface area contributed by atoms with Gasteiger partial charge in [0.15, 0.2) is 0 Å². The molecule has 3 rings (SSSR count). The lowest BCUT2D eigenvalue weighted by Gasteiger charge is -2.35. The molecular formula is C35H58N2O2. The fourth-order valence-electron chi connectivity index (χ4n) is 4.08. The van der Waals surface area contributed by atoms with Gasteiger partial charge in [0.2, 0.25) is 5.91 Å². The number of anilines is 1. The Kier molecular flexibility index (Phi) is 16.7. The molecule has 1 aliphatic rings. The van der Waals surface area contributed by atoms with Crippen LogP contribution in [-0.4, -0.2) is 42.8 Å². The van der Waals surface area contributed by atoms with Crippen molar-refractivity contribution in [3.63, 3.8) is 0 Å². The SMILES string of the molecule is CC.CC.CC(=O)Cc1ccc(CCC(C)(C)C)cc1.CC(=O)N1CCN(c2ccc(C(C)(C)C)cc2)CC1. The van der Waals surface area contributed by atoms with Gasteiger partial charge in [0.1, 0.15) is 5.78 Å². The van der Waals surface area contributed by atoms with Gasteiger partial charge in [-0.25, -0.2) is 0 Å². The van der Waals surface area contributed by atoms with E-state index in [9.17, 15) is 9.59 Å². The zero-order valence-corrected chi connectivity index (χ0v) is 27.3. The molecule has 0 atom stereocenters. The molecule has 2 aromatic rings. The summed E-state index contributed by atoms with van der Waals surface area (Å²) in [6, 6.07) is 17.3. The molecule has 0 aromatic heterocycles. The highest BCUT2D eigenvalue weighted by Crippen LogP contribution is 2.25. The van der Waals surface area contributed by atoms with Crippen LogP contribution < -0.4 is 4.90 Å². The van der Waals surface area contributed by atoms with Gasteiger partial charge in [-0.15, -0.1) is 0 Å². The molecule has 1 amide bonds. The summed E-state index contributed by atoms with van der Waals surface area (Å²) in [6.07, 6.45) is 2.86. The first-order valence-electron chi connectivity index (χ1n) is 14.9. The zero-order valence-electron chi connectivity index (χ0n) is 27.3. The number of hydrogen-bond donors (Lipinski definition) is 0. The second-order valence-electron chi connectivity index (χ2n) is 12.0. The van der Waals surface area contributed by atoms with Crippen LogP contribution in [0.4, 0.5) is 5.69 Å². The van der Waals surface area contributed by atoms with E-state index in [0.717, 1.165) is 38.2 Å². The molecule has 0 N–H and O–H groups in total. The summed E-state index contributed by atoms with van der Waals surface area (Å²) in [7, 11) is 0. The Bertz CT molecular complexity index is 940. The van der Waals surface area contributed by atoms with E-state index < -0.39 is 0 Å². The molecule has 0 aliphatic carbocycles. The molecule has 0 radical (unpaired) electrons. The zero-order chi connectivity index (χ0) is 30.2. The fraction of sp³-hybridized carbons (Fsp3) is 0.600. The van der Waals surface area contributed by atoms with Crippen LogP contribution in [0.3, 0.4) is 0 Å². The molecule has 1 heterocycles. The Morgan fingerprint density at radius 3 is 1.54 bits per heavy atom. The summed E-state index contributed by atoms with van der Waals surface area (Å²) in [5.41, 5.74) is 5.69. The number of benzene rings is 2. The predicted molar refractivity (Wildman–Crippen MR) is 171 cm³/mol. The fourth-order valence-corrected chi connectivity index (χ4v) is 4.08. The maximum Gasteiger partial charge on any atom is 0.219 e. The van der Waals surface area contributed by atoms with Gasteiger partial charge in [0.25, 0.3) is 0 Å². The van der Waals surface area contributed by atoms with E-state index in [1.54, 1.807) is 13.8 Å². The molecule has 4 heteroatoms. The van der Waals surface area contributed by atoms with Crippen LogP contribution >= 0.6 is 0 Å². The third-order valence-corrected chi connectivity index (χ3v) is 6.46. The monoisotopic (exact) mass is 538 g/mol. The first-order valence-corrected chi connectivity index (χ1v) is 14.9. The highest BCUT2D eigenvalue weighted by Gasteiger charge is 2.19. The second-order valence-corrected chi connectivity index (χ2v) is 12.0. The average molecular weight is 539 g/mol. The summed E-state index contributed by atoms with van der Waals surface area (Å²) in [5, 5.41) is 0. The number of aryl methyl sites for hydroxylation is 1. The van der Waals surface area contributed by atoms with Gasteiger partial charge in [-0.1, -0.05) is 106 Å². The van der Waals surface area contributed by atoms with Gasteiger partial charge >= 0.3 is 0 Å². The van der Waals surface area contributed by atoms with Crippen LogP contribution in [0.1, 0.15) is 106 Å². The largest absolute Gasteiger partial charge is 0.368 e. The maximum atomic E-state index is 11.3. The van der Waals surface area contributed by atoms with Crippen LogP contribution in [0.2, 0.25) is 0 Å². The maximum absolute atomic E-state index is 11.3. The summed E-state index contributed by atoms with van der Waals surface area (Å²) in [4.78, 5) is 26.5. The third kappa shape index (κ3) is 14.9. The van der Waals surface area contributed by atoms with Gasteiger partial charge in [0.05, 0.1) is 0 Å². The van der Waals surface area contributed by atoms with Crippen molar-refractivity contribution in [3.05, 3.63) is 65.2 Å². The third-order valence-electron chi connectivity index (χ3n) is 6.46. The van der Waals surface area contributed by atoms with Gasteiger partial charge in [0, 0.05) is 45.2 Å². The minimum atomic E-state index is 0.183. The smallest absolute Gasteiger partial charge is 0.219 e. The lowest BCUT2D eigenvalue weighted by Crippen LogP contribution is -2.48. The summed E-state index contributed by atoms with van der Waals surface area (Å²) < 4.78 is 0. The number of piperazine rings is 1. The van der Waals surface area contributed by atoms with Crippen molar-refractivity contribution in [1.29, 1.82) is 0 Å². The van der Waals surface area contributed by atoms with E-state index in [2.05, 4.69) is 95.0 Å². The van der Waals surface area contributed by atoms with E-state index in [4.69, 9.17) is 0 Å². The number of nitrogens with zero attached hydrogens (tertiary/aromatic N) is 2. The molecule has 2 aromatic carbocycles. The van der Waals surface area contributed by atoms with E-state index in [-0.39, 0.29) is 17.1 Å². The van der Waals surface area contributed by atoms with E-state index in [0.29, 0.717) is 11.8 Å². The minimum Gasteiger partial charge on any atom is -0.368 e. The van der Waals surface area contributed by atoms with Gasteiger partial charge in [-0.05, 0) is 59.4 Å². The Labute approximate surface area is 241 Å². The highest BCUT2D eigenvalue weighted by atomic mass is 16.2. The number of carbonyl (C=O) groups is 2. The van der Waals surface area contributed by atoms with E-state index in [1.807, 2.05) is 32.6 Å². The molecule has 1 saturated heterocycles. The topological polar surface area (TPSA) is 40.6 Å². The quantitative estimate of drug-likeness (QED) is 0.383. The molecule has 0 spiro atoms. The molecule has 220 valence electrons. The van der Waals surface area contributed by atoms with Crippen LogP contribution in [0, 0.1) is 5.41 Å². The number of amides is 1. The van der Waals surface area contributed by atoms with Crippen molar-refractivity contribution < 1.29 is 9.59 Å². The molecule has 4 nitrogen and oxygen atoms in total. The molecule has 0 unspecified atom stereocenters. The Morgan fingerprint density at radius 1 is 0.692 bits per heavy atom. The lowest BCUT2D eigenvalue weighted by molar-refractivity contribution is -0.129. The summed E-state index contributed by atoms with van der Waals surface area (Å²) in [6.45, 7) is 28.3. The van der Waals surface area contributed by atoms with Crippen molar-refractivity contribution in [1.82, 2.24) is 4.90 Å². The Morgan fingerprint density at radius 2 is 1.15 bits per heavy atom. The molecule has 0 bridgehead atoms. The minimum absolute atomic E-state index is 0.183. The number of hydrogen-bond acceptors (Lipinski definition) is 3. The van der Waals surface area contributed by atoms with E-state index in [1.165, 1.54) is 23.2 Å². The Hall–Kier alpha value is -2.62. The highest BCUT2D eigenvalue weighted by molar-refractivity contribution is 5.78. The number of carbonyl (C=O) groups excluding carboxylic acids is 2. The van der Waals surface area contributed by atoms with Crippen molar-refractivity contribution in [2.24, 2.45) is 5.41 Å². The van der Waals surface area contributed by atoms with Crippen molar-refractivity contribution in [2.45, 2.75) is 108 Å². The summed E-state index contributed by atoms with van der Waals surface area (Å²) in [5.74, 6) is 0.408. The number of rotatable bonds is 5. The second kappa shape index (κ2) is 17.9. The van der Waals surface area contributed by atoms with Crippen molar-refractivity contribution in [2.75, 3.05) is 31.1 Å². The molecule has 0 saturated carbocycles. The van der Waals surface area contributed by atoms with Crippen LogP contribution in [0.15, 0.2) is 48.5 Å². The number of ketones is 1. The van der Waals surface area contributed by atoms with Gasteiger partial charge in [-0.2, -0.15) is 0 Å². The van der Waals surface area contributed by atoms with E-state index >= 15 is 0 Å². The number of Topliss-reactive ketones (excluding diaryl/α,β-unsaturated/α-hetero) is 1. The predicted octanol–water partition coefficient (Wildman–Crippen LogP) is 8.50. The van der Waals surface area contributed by atoms with Crippen LogP contribution in [0.25, 0.3) is 0 Å². The van der Waals surface area contributed by atoms with Crippen LogP contribution in [0.5, 0.6) is 0 Å². The normalized spacial score (nSPS) is 13.1. The first-order chi connectivity index (χ1) is 18.2. The average Bonchev–Trinajstić information content (AvgIpc) is 2.90. The Balaban J connectivity index is 0.000000665. The molecular weight excluding hydrogens is 480 g/mol.